The van der Waals surface area contributed by atoms with Crippen LogP contribution in [-0.4, -0.2) is 18.8 Å². The van der Waals surface area contributed by atoms with E-state index in [4.69, 9.17) is 11.6 Å². The molecule has 21 heavy (non-hydrogen) atoms. The van der Waals surface area contributed by atoms with Crippen molar-refractivity contribution in [1.82, 2.24) is 5.32 Å². The maximum atomic E-state index is 6.39. The van der Waals surface area contributed by atoms with Gasteiger partial charge >= 0.3 is 0 Å². The molecule has 1 nitrogen and oxygen atoms in total. The van der Waals surface area contributed by atoms with Gasteiger partial charge in [0.1, 0.15) is 0 Å². The molecule has 3 rings (SSSR count). The topological polar surface area (TPSA) is 12.0 Å². The van der Waals surface area contributed by atoms with E-state index in [1.165, 1.54) is 22.4 Å². The van der Waals surface area contributed by atoms with Gasteiger partial charge in [0.25, 0.3) is 0 Å². The zero-order valence-electron chi connectivity index (χ0n) is 12.2. The number of nitrogens with one attached hydrogen (secondary N) is 1. The highest BCUT2D eigenvalue weighted by Crippen LogP contribution is 2.41. The molecule has 2 unspecified atom stereocenters. The van der Waals surface area contributed by atoms with Gasteiger partial charge in [-0.2, -0.15) is 0 Å². The number of likely N-dealkylation sites (N-methyl/N-ethyl adjacent to an activating group) is 1. The van der Waals surface area contributed by atoms with Gasteiger partial charge in [-0.3, -0.25) is 0 Å². The van der Waals surface area contributed by atoms with E-state index in [1.54, 1.807) is 0 Å². The minimum absolute atomic E-state index is 0.468. The van der Waals surface area contributed by atoms with Gasteiger partial charge in [0, 0.05) is 21.7 Å². The summed E-state index contributed by atoms with van der Waals surface area (Å²) >= 11 is 8.41. The fraction of sp³-hybridized carbons (Fsp3) is 0.333. The van der Waals surface area contributed by atoms with Gasteiger partial charge in [-0.25, -0.2) is 0 Å². The van der Waals surface area contributed by atoms with E-state index in [-0.39, 0.29) is 0 Å². The molecule has 1 heterocycles. The van der Waals surface area contributed by atoms with Crippen molar-refractivity contribution >= 4 is 23.4 Å². The molecule has 0 radical (unpaired) electrons. The van der Waals surface area contributed by atoms with Gasteiger partial charge in [-0.05, 0) is 49.1 Å². The maximum absolute atomic E-state index is 6.39. The molecule has 2 aromatic carbocycles. The Hall–Kier alpha value is -0.960. The SMILES string of the molecule is CNCC(CC1Cc2ccccc2S1)c1ccccc1Cl. The summed E-state index contributed by atoms with van der Waals surface area (Å²) in [5.41, 5.74) is 2.76. The third kappa shape index (κ3) is 3.45. The van der Waals surface area contributed by atoms with Crippen LogP contribution < -0.4 is 5.32 Å². The molecule has 0 saturated heterocycles. The zero-order valence-corrected chi connectivity index (χ0v) is 13.8. The van der Waals surface area contributed by atoms with Crippen LogP contribution in [0.3, 0.4) is 0 Å². The summed E-state index contributed by atoms with van der Waals surface area (Å²) in [5, 5.41) is 4.86. The van der Waals surface area contributed by atoms with Crippen LogP contribution in [0.1, 0.15) is 23.5 Å². The maximum Gasteiger partial charge on any atom is 0.0441 e. The van der Waals surface area contributed by atoms with Crippen molar-refractivity contribution in [2.75, 3.05) is 13.6 Å². The first-order valence-corrected chi connectivity index (χ1v) is 8.67. The summed E-state index contributed by atoms with van der Waals surface area (Å²) in [6, 6.07) is 17.0. The van der Waals surface area contributed by atoms with Gasteiger partial charge in [0.15, 0.2) is 0 Å². The molecule has 110 valence electrons. The van der Waals surface area contributed by atoms with Crippen LogP contribution in [-0.2, 0) is 6.42 Å². The molecule has 1 N–H and O–H groups in total. The molecule has 1 aliphatic rings. The van der Waals surface area contributed by atoms with Crippen molar-refractivity contribution in [2.45, 2.75) is 28.9 Å². The summed E-state index contributed by atoms with van der Waals surface area (Å²) in [4.78, 5) is 1.45. The lowest BCUT2D eigenvalue weighted by molar-refractivity contribution is 0.571. The van der Waals surface area contributed by atoms with Gasteiger partial charge in [0.05, 0.1) is 0 Å². The molecule has 0 spiro atoms. The summed E-state index contributed by atoms with van der Waals surface area (Å²) in [6.45, 7) is 0.969. The van der Waals surface area contributed by atoms with E-state index in [0.29, 0.717) is 11.2 Å². The Bertz CT molecular complexity index is 589. The zero-order chi connectivity index (χ0) is 14.7. The average Bonchev–Trinajstić information content (AvgIpc) is 2.89. The van der Waals surface area contributed by atoms with Crippen LogP contribution in [0.5, 0.6) is 0 Å². The molecular formula is C18H20ClNS. The van der Waals surface area contributed by atoms with Gasteiger partial charge < -0.3 is 5.32 Å². The third-order valence-corrected chi connectivity index (χ3v) is 5.75. The van der Waals surface area contributed by atoms with Gasteiger partial charge in [-0.15, -0.1) is 11.8 Å². The Morgan fingerprint density at radius 2 is 1.95 bits per heavy atom. The summed E-state index contributed by atoms with van der Waals surface area (Å²) in [7, 11) is 2.01. The Labute approximate surface area is 136 Å². The lowest BCUT2D eigenvalue weighted by Gasteiger charge is -2.21. The smallest absolute Gasteiger partial charge is 0.0441 e. The molecule has 0 aliphatic carbocycles. The van der Waals surface area contributed by atoms with Gasteiger partial charge in [0.2, 0.25) is 0 Å². The normalized spacial score (nSPS) is 18.5. The van der Waals surface area contributed by atoms with Crippen LogP contribution in [0.4, 0.5) is 0 Å². The van der Waals surface area contributed by atoms with E-state index >= 15 is 0 Å². The second-order valence-electron chi connectivity index (χ2n) is 5.56. The molecule has 0 amide bonds. The Morgan fingerprint density at radius 3 is 2.71 bits per heavy atom. The van der Waals surface area contributed by atoms with Crippen molar-refractivity contribution < 1.29 is 0 Å². The predicted octanol–water partition coefficient (Wildman–Crippen LogP) is 4.75. The van der Waals surface area contributed by atoms with E-state index in [1.807, 2.05) is 30.9 Å². The largest absolute Gasteiger partial charge is 0.319 e. The predicted molar refractivity (Wildman–Crippen MR) is 92.5 cm³/mol. The molecule has 0 saturated carbocycles. The molecule has 0 aromatic heterocycles. The molecule has 2 atom stereocenters. The molecule has 1 aliphatic heterocycles. The molecule has 2 aromatic rings. The first-order valence-electron chi connectivity index (χ1n) is 7.41. The third-order valence-electron chi connectivity index (χ3n) is 4.06. The first kappa shape index (κ1) is 15.0. The van der Waals surface area contributed by atoms with Crippen molar-refractivity contribution in [2.24, 2.45) is 0 Å². The van der Waals surface area contributed by atoms with E-state index in [9.17, 15) is 0 Å². The monoisotopic (exact) mass is 317 g/mol. The number of benzene rings is 2. The molecular weight excluding hydrogens is 298 g/mol. The fourth-order valence-corrected chi connectivity index (χ4v) is 4.78. The number of hydrogen-bond acceptors (Lipinski definition) is 2. The fourth-order valence-electron chi connectivity index (χ4n) is 3.08. The highest BCUT2D eigenvalue weighted by molar-refractivity contribution is 8.00. The molecule has 0 bridgehead atoms. The van der Waals surface area contributed by atoms with Crippen molar-refractivity contribution in [3.8, 4) is 0 Å². The second-order valence-corrected chi connectivity index (χ2v) is 7.31. The Morgan fingerprint density at radius 1 is 1.19 bits per heavy atom. The number of halogens is 1. The van der Waals surface area contributed by atoms with Crippen LogP contribution in [0.15, 0.2) is 53.4 Å². The van der Waals surface area contributed by atoms with Crippen LogP contribution in [0.25, 0.3) is 0 Å². The quantitative estimate of drug-likeness (QED) is 0.854. The van der Waals surface area contributed by atoms with E-state index in [0.717, 1.165) is 18.0 Å². The minimum Gasteiger partial charge on any atom is -0.319 e. The average molecular weight is 318 g/mol. The highest BCUT2D eigenvalue weighted by atomic mass is 35.5. The lowest BCUT2D eigenvalue weighted by Crippen LogP contribution is -2.21. The Kier molecular flexibility index (Phi) is 4.89. The number of hydrogen-bond donors (Lipinski definition) is 1. The van der Waals surface area contributed by atoms with Crippen molar-refractivity contribution in [3.05, 3.63) is 64.7 Å². The number of rotatable bonds is 5. The van der Waals surface area contributed by atoms with Crippen LogP contribution >= 0.6 is 23.4 Å². The summed E-state index contributed by atoms with van der Waals surface area (Å²) in [5.74, 6) is 0.468. The van der Waals surface area contributed by atoms with E-state index < -0.39 is 0 Å². The van der Waals surface area contributed by atoms with Crippen molar-refractivity contribution in [3.63, 3.8) is 0 Å². The van der Waals surface area contributed by atoms with Crippen LogP contribution in [0, 0.1) is 0 Å². The highest BCUT2D eigenvalue weighted by Gasteiger charge is 2.26. The van der Waals surface area contributed by atoms with Gasteiger partial charge in [-0.1, -0.05) is 48.0 Å². The minimum atomic E-state index is 0.468. The lowest BCUT2D eigenvalue weighted by atomic mass is 9.92. The van der Waals surface area contributed by atoms with E-state index in [2.05, 4.69) is 41.7 Å². The van der Waals surface area contributed by atoms with Crippen LogP contribution in [0.2, 0.25) is 5.02 Å². The number of fused-ring (bicyclic) bond motifs is 1. The molecule has 3 heteroatoms. The summed E-state index contributed by atoms with van der Waals surface area (Å²) < 4.78 is 0. The molecule has 0 fully saturated rings. The standard InChI is InChI=1S/C18H20ClNS/c1-20-12-14(16-7-3-4-8-17(16)19)11-15-10-13-6-2-5-9-18(13)21-15/h2-9,14-15,20H,10-12H2,1H3. The summed E-state index contributed by atoms with van der Waals surface area (Å²) in [6.07, 6.45) is 2.33. The number of thioether (sulfide) groups is 1. The first-order chi connectivity index (χ1) is 10.3. The second kappa shape index (κ2) is 6.87. The van der Waals surface area contributed by atoms with Crippen molar-refractivity contribution in [1.29, 1.82) is 0 Å². The Balaban J connectivity index is 1.74.